The van der Waals surface area contributed by atoms with Crippen LogP contribution < -0.4 is 11.1 Å². The van der Waals surface area contributed by atoms with E-state index in [4.69, 9.17) is 5.73 Å². The standard InChI is InChI=1S/C21H19F2N5O/c22-15-3-1-10-25-19(15)21(8-2-9-21)12-26-18-7-6-17(27-28-18)14-5-4-13(20(24)29)11-16(14)23/h1,3-7,10-11H,2,8-9,12H2,(H2,24,29)(H,26,28). The second-order valence-corrected chi connectivity index (χ2v) is 7.18. The van der Waals surface area contributed by atoms with Gasteiger partial charge in [-0.2, -0.15) is 0 Å². The zero-order valence-corrected chi connectivity index (χ0v) is 15.5. The van der Waals surface area contributed by atoms with Crippen LogP contribution in [0.5, 0.6) is 0 Å². The molecule has 148 valence electrons. The number of pyridine rings is 1. The number of benzene rings is 1. The maximum absolute atomic E-state index is 14.2. The highest BCUT2D eigenvalue weighted by Crippen LogP contribution is 2.43. The Kier molecular flexibility index (Phi) is 4.92. The molecule has 0 atom stereocenters. The third-order valence-corrected chi connectivity index (χ3v) is 5.37. The number of halogens is 2. The molecule has 1 saturated carbocycles. The number of nitrogens with two attached hydrogens (primary N) is 1. The number of hydrogen-bond acceptors (Lipinski definition) is 5. The van der Waals surface area contributed by atoms with E-state index >= 15 is 0 Å². The summed E-state index contributed by atoms with van der Waals surface area (Å²) in [6, 6.07) is 10.3. The largest absolute Gasteiger partial charge is 0.368 e. The van der Waals surface area contributed by atoms with E-state index in [-0.39, 0.29) is 22.4 Å². The van der Waals surface area contributed by atoms with Gasteiger partial charge in [0, 0.05) is 29.3 Å². The molecule has 6 nitrogen and oxygen atoms in total. The van der Waals surface area contributed by atoms with Crippen LogP contribution in [0, 0.1) is 11.6 Å². The summed E-state index contributed by atoms with van der Waals surface area (Å²) in [6.07, 6.45) is 4.31. The summed E-state index contributed by atoms with van der Waals surface area (Å²) in [7, 11) is 0. The van der Waals surface area contributed by atoms with Crippen molar-refractivity contribution in [1.82, 2.24) is 15.2 Å². The molecule has 4 rings (SSSR count). The Morgan fingerprint density at radius 1 is 1.10 bits per heavy atom. The summed E-state index contributed by atoms with van der Waals surface area (Å²) in [4.78, 5) is 15.4. The van der Waals surface area contributed by atoms with E-state index in [1.54, 1.807) is 24.4 Å². The second kappa shape index (κ2) is 7.54. The number of anilines is 1. The van der Waals surface area contributed by atoms with Crippen LogP contribution in [0.25, 0.3) is 11.3 Å². The van der Waals surface area contributed by atoms with E-state index in [2.05, 4.69) is 20.5 Å². The van der Waals surface area contributed by atoms with Gasteiger partial charge in [0.15, 0.2) is 0 Å². The average Bonchev–Trinajstić information content (AvgIpc) is 2.69. The number of nitrogens with zero attached hydrogens (tertiary/aromatic N) is 3. The minimum atomic E-state index is -0.699. The van der Waals surface area contributed by atoms with Gasteiger partial charge in [-0.1, -0.05) is 6.42 Å². The highest BCUT2D eigenvalue weighted by Gasteiger charge is 2.41. The van der Waals surface area contributed by atoms with Crippen molar-refractivity contribution >= 4 is 11.7 Å². The normalized spacial score (nSPS) is 14.8. The Morgan fingerprint density at radius 2 is 1.93 bits per heavy atom. The highest BCUT2D eigenvalue weighted by atomic mass is 19.1. The van der Waals surface area contributed by atoms with Crippen molar-refractivity contribution < 1.29 is 13.6 Å². The van der Waals surface area contributed by atoms with E-state index in [1.165, 1.54) is 18.2 Å². The molecule has 0 bridgehead atoms. The summed E-state index contributed by atoms with van der Waals surface area (Å²) in [5.41, 5.74) is 5.91. The fourth-order valence-corrected chi connectivity index (χ4v) is 3.58. The number of carbonyl (C=O) groups excluding carboxylic acids is 1. The number of amides is 1. The van der Waals surface area contributed by atoms with Gasteiger partial charge in [-0.05, 0) is 55.3 Å². The average molecular weight is 395 g/mol. The first kappa shape index (κ1) is 18.9. The second-order valence-electron chi connectivity index (χ2n) is 7.18. The molecule has 29 heavy (non-hydrogen) atoms. The molecule has 3 aromatic rings. The zero-order chi connectivity index (χ0) is 20.4. The summed E-state index contributed by atoms with van der Waals surface area (Å²) < 4.78 is 28.5. The van der Waals surface area contributed by atoms with E-state index in [9.17, 15) is 13.6 Å². The Hall–Kier alpha value is -3.42. The Morgan fingerprint density at radius 3 is 2.52 bits per heavy atom. The van der Waals surface area contributed by atoms with Gasteiger partial charge >= 0.3 is 0 Å². The van der Waals surface area contributed by atoms with Gasteiger partial charge in [-0.15, -0.1) is 10.2 Å². The number of nitrogens with one attached hydrogen (secondary N) is 1. The van der Waals surface area contributed by atoms with Gasteiger partial charge in [-0.3, -0.25) is 9.78 Å². The number of primary amides is 1. The lowest BCUT2D eigenvalue weighted by Gasteiger charge is -2.41. The molecule has 1 aliphatic carbocycles. The van der Waals surface area contributed by atoms with Crippen LogP contribution in [-0.2, 0) is 5.41 Å². The van der Waals surface area contributed by atoms with E-state index in [1.807, 2.05) is 0 Å². The van der Waals surface area contributed by atoms with Gasteiger partial charge in [-0.25, -0.2) is 8.78 Å². The summed E-state index contributed by atoms with van der Waals surface area (Å²) >= 11 is 0. The predicted octanol–water partition coefficient (Wildman–Crippen LogP) is 3.45. The fourth-order valence-electron chi connectivity index (χ4n) is 3.58. The maximum atomic E-state index is 14.2. The smallest absolute Gasteiger partial charge is 0.248 e. The molecule has 8 heteroatoms. The number of hydrogen-bond donors (Lipinski definition) is 2. The van der Waals surface area contributed by atoms with Crippen molar-refractivity contribution in [3.63, 3.8) is 0 Å². The SMILES string of the molecule is NC(=O)c1ccc(-c2ccc(NCC3(c4ncccc4F)CCC3)nn2)c(F)c1. The van der Waals surface area contributed by atoms with Crippen LogP contribution in [0.1, 0.15) is 35.3 Å². The van der Waals surface area contributed by atoms with Crippen LogP contribution in [0.3, 0.4) is 0 Å². The quantitative estimate of drug-likeness (QED) is 0.667. The van der Waals surface area contributed by atoms with Crippen molar-refractivity contribution in [2.24, 2.45) is 5.73 Å². The minimum absolute atomic E-state index is 0.0880. The van der Waals surface area contributed by atoms with Gasteiger partial charge in [0.1, 0.15) is 17.5 Å². The molecule has 2 heterocycles. The lowest BCUT2D eigenvalue weighted by molar-refractivity contribution is 0.1000. The van der Waals surface area contributed by atoms with Crippen LogP contribution in [0.15, 0.2) is 48.7 Å². The molecular formula is C21H19F2N5O. The third-order valence-electron chi connectivity index (χ3n) is 5.37. The van der Waals surface area contributed by atoms with Crippen molar-refractivity contribution in [3.8, 4) is 11.3 Å². The van der Waals surface area contributed by atoms with Crippen molar-refractivity contribution in [2.75, 3.05) is 11.9 Å². The predicted molar refractivity (Wildman–Crippen MR) is 104 cm³/mol. The summed E-state index contributed by atoms with van der Waals surface area (Å²) in [5, 5.41) is 11.4. The highest BCUT2D eigenvalue weighted by molar-refractivity contribution is 5.93. The molecule has 0 aliphatic heterocycles. The molecule has 3 N–H and O–H groups in total. The van der Waals surface area contributed by atoms with Gasteiger partial charge in [0.05, 0.1) is 11.4 Å². The topological polar surface area (TPSA) is 93.8 Å². The number of rotatable bonds is 6. The zero-order valence-electron chi connectivity index (χ0n) is 15.5. The van der Waals surface area contributed by atoms with Gasteiger partial charge < -0.3 is 11.1 Å². The molecule has 1 fully saturated rings. The van der Waals surface area contributed by atoms with Crippen LogP contribution in [0.4, 0.5) is 14.6 Å². The fraction of sp³-hybridized carbons (Fsp3) is 0.238. The molecule has 1 aromatic carbocycles. The molecule has 2 aromatic heterocycles. The number of aromatic nitrogens is 3. The van der Waals surface area contributed by atoms with Crippen molar-refractivity contribution in [3.05, 3.63) is 71.6 Å². The molecule has 0 unspecified atom stereocenters. The van der Waals surface area contributed by atoms with E-state index in [0.29, 0.717) is 23.8 Å². The Balaban J connectivity index is 1.49. The van der Waals surface area contributed by atoms with E-state index < -0.39 is 11.7 Å². The molecule has 1 amide bonds. The van der Waals surface area contributed by atoms with Crippen LogP contribution >= 0.6 is 0 Å². The van der Waals surface area contributed by atoms with Crippen molar-refractivity contribution in [1.29, 1.82) is 0 Å². The first-order valence-electron chi connectivity index (χ1n) is 9.27. The molecule has 0 saturated heterocycles. The Bertz CT molecular complexity index is 1050. The van der Waals surface area contributed by atoms with Gasteiger partial charge in [0.2, 0.25) is 5.91 Å². The lowest BCUT2D eigenvalue weighted by atomic mass is 9.66. The van der Waals surface area contributed by atoms with Crippen LogP contribution in [0.2, 0.25) is 0 Å². The molecule has 0 radical (unpaired) electrons. The molecule has 0 spiro atoms. The maximum Gasteiger partial charge on any atom is 0.248 e. The Labute approximate surface area is 166 Å². The molecular weight excluding hydrogens is 376 g/mol. The third kappa shape index (κ3) is 3.65. The van der Waals surface area contributed by atoms with Crippen LogP contribution in [-0.4, -0.2) is 27.6 Å². The minimum Gasteiger partial charge on any atom is -0.368 e. The summed E-state index contributed by atoms with van der Waals surface area (Å²) in [5.74, 6) is -1.10. The first-order valence-corrected chi connectivity index (χ1v) is 9.27. The van der Waals surface area contributed by atoms with Gasteiger partial charge in [0.25, 0.3) is 0 Å². The first-order chi connectivity index (χ1) is 14.0. The monoisotopic (exact) mass is 395 g/mol. The van der Waals surface area contributed by atoms with E-state index in [0.717, 1.165) is 25.3 Å². The lowest BCUT2D eigenvalue weighted by Crippen LogP contribution is -2.42. The molecule has 1 aliphatic rings. The summed E-state index contributed by atoms with van der Waals surface area (Å²) in [6.45, 7) is 0.483. The number of carbonyl (C=O) groups is 1. The van der Waals surface area contributed by atoms with Crippen molar-refractivity contribution in [2.45, 2.75) is 24.7 Å².